The van der Waals surface area contributed by atoms with Gasteiger partial charge in [-0.3, -0.25) is 4.79 Å². The van der Waals surface area contributed by atoms with Crippen molar-refractivity contribution in [3.05, 3.63) is 59.5 Å². The highest BCUT2D eigenvalue weighted by atomic mass is 19.4. The smallest absolute Gasteiger partial charge is 0.422 e. The largest absolute Gasteiger partial charge is 0.468 e. The quantitative estimate of drug-likeness (QED) is 0.821. The predicted octanol–water partition coefficient (Wildman–Crippen LogP) is 3.13. The zero-order valence-electron chi connectivity index (χ0n) is 12.4. The van der Waals surface area contributed by atoms with Gasteiger partial charge >= 0.3 is 6.18 Å². The number of benzene rings is 1. The Hall–Kier alpha value is -2.64. The molecule has 1 aromatic heterocycles. The fraction of sp³-hybridized carbons (Fsp3) is 0.250. The maximum absolute atomic E-state index is 13.0. The van der Waals surface area contributed by atoms with Gasteiger partial charge in [0.1, 0.15) is 5.82 Å². The zero-order chi connectivity index (χ0) is 17.6. The van der Waals surface area contributed by atoms with Gasteiger partial charge < -0.3 is 10.1 Å². The van der Waals surface area contributed by atoms with Gasteiger partial charge in [0.25, 0.3) is 5.91 Å². The first-order valence-electron chi connectivity index (χ1n) is 7.02. The van der Waals surface area contributed by atoms with Crippen molar-refractivity contribution in [3.8, 4) is 5.88 Å². The number of pyridine rings is 1. The van der Waals surface area contributed by atoms with Crippen LogP contribution in [0.5, 0.6) is 5.88 Å². The SMILES string of the molecule is O=C(NCCc1cccc(F)c1)c1ccc(OCC(F)(F)F)nc1. The lowest BCUT2D eigenvalue weighted by molar-refractivity contribution is -0.154. The summed E-state index contributed by atoms with van der Waals surface area (Å²) >= 11 is 0. The average Bonchev–Trinajstić information content (AvgIpc) is 2.53. The molecule has 0 bridgehead atoms. The molecular formula is C16H14F4N2O2. The molecule has 1 amide bonds. The number of halogens is 4. The monoisotopic (exact) mass is 342 g/mol. The van der Waals surface area contributed by atoms with E-state index in [0.29, 0.717) is 6.42 Å². The van der Waals surface area contributed by atoms with Crippen LogP contribution in [0.1, 0.15) is 15.9 Å². The summed E-state index contributed by atoms with van der Waals surface area (Å²) in [6, 6.07) is 8.53. The Balaban J connectivity index is 1.82. The molecule has 0 saturated carbocycles. The van der Waals surface area contributed by atoms with Gasteiger partial charge in [-0.2, -0.15) is 13.2 Å². The lowest BCUT2D eigenvalue weighted by Gasteiger charge is -2.09. The van der Waals surface area contributed by atoms with E-state index < -0.39 is 18.7 Å². The second-order valence-electron chi connectivity index (χ2n) is 4.92. The van der Waals surface area contributed by atoms with Crippen LogP contribution < -0.4 is 10.1 Å². The summed E-state index contributed by atoms with van der Waals surface area (Å²) in [4.78, 5) is 15.5. The molecule has 0 radical (unpaired) electrons. The van der Waals surface area contributed by atoms with E-state index >= 15 is 0 Å². The number of carbonyl (C=O) groups excluding carboxylic acids is 1. The van der Waals surface area contributed by atoms with Crippen molar-refractivity contribution < 1.29 is 27.1 Å². The molecule has 0 spiro atoms. The van der Waals surface area contributed by atoms with Crippen LogP contribution in [0.3, 0.4) is 0 Å². The normalized spacial score (nSPS) is 11.2. The Morgan fingerprint density at radius 2 is 2.00 bits per heavy atom. The molecule has 24 heavy (non-hydrogen) atoms. The van der Waals surface area contributed by atoms with E-state index in [2.05, 4.69) is 15.0 Å². The third-order valence-corrected chi connectivity index (χ3v) is 2.97. The van der Waals surface area contributed by atoms with Crippen LogP contribution in [0, 0.1) is 5.82 Å². The summed E-state index contributed by atoms with van der Waals surface area (Å²) in [5.41, 5.74) is 0.929. The van der Waals surface area contributed by atoms with Crippen molar-refractivity contribution in [1.29, 1.82) is 0 Å². The molecule has 0 fully saturated rings. The lowest BCUT2D eigenvalue weighted by atomic mass is 10.1. The van der Waals surface area contributed by atoms with Gasteiger partial charge in [-0.25, -0.2) is 9.37 Å². The van der Waals surface area contributed by atoms with Crippen molar-refractivity contribution in [1.82, 2.24) is 10.3 Å². The zero-order valence-corrected chi connectivity index (χ0v) is 12.4. The van der Waals surface area contributed by atoms with Gasteiger partial charge in [0, 0.05) is 18.8 Å². The molecule has 0 aliphatic carbocycles. The molecule has 0 aliphatic rings. The second kappa shape index (κ2) is 7.76. The lowest BCUT2D eigenvalue weighted by Crippen LogP contribution is -2.26. The number of carbonyl (C=O) groups is 1. The highest BCUT2D eigenvalue weighted by molar-refractivity contribution is 5.93. The number of nitrogens with one attached hydrogen (secondary N) is 1. The first kappa shape index (κ1) is 17.7. The Morgan fingerprint density at radius 1 is 1.21 bits per heavy atom. The molecule has 2 aromatic rings. The van der Waals surface area contributed by atoms with Crippen molar-refractivity contribution in [3.63, 3.8) is 0 Å². The van der Waals surface area contributed by atoms with Crippen LogP contribution in [0.4, 0.5) is 17.6 Å². The maximum atomic E-state index is 13.0. The fourth-order valence-corrected chi connectivity index (χ4v) is 1.87. The standard InChI is InChI=1S/C16H14F4N2O2/c17-13-3-1-2-11(8-13)6-7-21-15(23)12-4-5-14(22-9-12)24-10-16(18,19)20/h1-5,8-9H,6-7,10H2,(H,21,23). The summed E-state index contributed by atoms with van der Waals surface area (Å²) in [7, 11) is 0. The van der Waals surface area contributed by atoms with Crippen LogP contribution in [0.2, 0.25) is 0 Å². The number of amides is 1. The number of rotatable bonds is 6. The Kier molecular flexibility index (Phi) is 5.73. The van der Waals surface area contributed by atoms with Gasteiger partial charge in [0.15, 0.2) is 6.61 Å². The summed E-state index contributed by atoms with van der Waals surface area (Å²) in [6.07, 6.45) is -2.87. The highest BCUT2D eigenvalue weighted by Crippen LogP contribution is 2.17. The van der Waals surface area contributed by atoms with Crippen molar-refractivity contribution in [2.75, 3.05) is 13.2 Å². The molecule has 8 heteroatoms. The molecule has 2 rings (SSSR count). The third kappa shape index (κ3) is 5.86. The maximum Gasteiger partial charge on any atom is 0.422 e. The van der Waals surface area contributed by atoms with Crippen LogP contribution in [-0.4, -0.2) is 30.2 Å². The minimum atomic E-state index is -4.45. The van der Waals surface area contributed by atoms with Crippen molar-refractivity contribution in [2.45, 2.75) is 12.6 Å². The minimum Gasteiger partial charge on any atom is -0.468 e. The molecule has 1 heterocycles. The third-order valence-electron chi connectivity index (χ3n) is 2.97. The number of aromatic nitrogens is 1. The Morgan fingerprint density at radius 3 is 2.62 bits per heavy atom. The van der Waals surface area contributed by atoms with Crippen LogP contribution >= 0.6 is 0 Å². The molecule has 1 N–H and O–H groups in total. The van der Waals surface area contributed by atoms with Gasteiger partial charge in [-0.15, -0.1) is 0 Å². The first-order valence-corrected chi connectivity index (χ1v) is 7.02. The number of hydrogen-bond acceptors (Lipinski definition) is 3. The number of nitrogens with zero attached hydrogens (tertiary/aromatic N) is 1. The molecule has 0 unspecified atom stereocenters. The number of ether oxygens (including phenoxy) is 1. The summed E-state index contributed by atoms with van der Waals surface area (Å²) in [6.45, 7) is -1.16. The summed E-state index contributed by atoms with van der Waals surface area (Å²) in [5.74, 6) is -0.998. The second-order valence-corrected chi connectivity index (χ2v) is 4.92. The van der Waals surface area contributed by atoms with Crippen molar-refractivity contribution >= 4 is 5.91 Å². The molecule has 0 aliphatic heterocycles. The predicted molar refractivity (Wildman–Crippen MR) is 78.2 cm³/mol. The van der Waals surface area contributed by atoms with E-state index in [1.807, 2.05) is 0 Å². The molecule has 4 nitrogen and oxygen atoms in total. The highest BCUT2D eigenvalue weighted by Gasteiger charge is 2.28. The van der Waals surface area contributed by atoms with Gasteiger partial charge in [-0.05, 0) is 30.2 Å². The molecular weight excluding hydrogens is 328 g/mol. The van der Waals surface area contributed by atoms with E-state index in [0.717, 1.165) is 11.8 Å². The van der Waals surface area contributed by atoms with E-state index in [9.17, 15) is 22.4 Å². The number of hydrogen-bond donors (Lipinski definition) is 1. The Bertz CT molecular complexity index is 687. The van der Waals surface area contributed by atoms with Crippen molar-refractivity contribution in [2.24, 2.45) is 0 Å². The first-order chi connectivity index (χ1) is 11.3. The average molecular weight is 342 g/mol. The molecule has 128 valence electrons. The molecule has 0 atom stereocenters. The fourth-order valence-electron chi connectivity index (χ4n) is 1.87. The summed E-state index contributed by atoms with van der Waals surface area (Å²) < 4.78 is 53.5. The van der Waals surface area contributed by atoms with E-state index in [4.69, 9.17) is 0 Å². The summed E-state index contributed by atoms with van der Waals surface area (Å²) in [5, 5.41) is 2.62. The van der Waals surface area contributed by atoms with E-state index in [-0.39, 0.29) is 23.8 Å². The minimum absolute atomic E-state index is 0.189. The Labute approximate surface area is 135 Å². The molecule has 1 aromatic carbocycles. The van der Waals surface area contributed by atoms with Gasteiger partial charge in [0.05, 0.1) is 5.56 Å². The number of alkyl halides is 3. The van der Waals surface area contributed by atoms with Crippen LogP contribution in [0.25, 0.3) is 0 Å². The van der Waals surface area contributed by atoms with Gasteiger partial charge in [0.2, 0.25) is 5.88 Å². The van der Waals surface area contributed by atoms with E-state index in [1.54, 1.807) is 12.1 Å². The van der Waals surface area contributed by atoms with Crippen LogP contribution in [-0.2, 0) is 6.42 Å². The van der Waals surface area contributed by atoms with Crippen LogP contribution in [0.15, 0.2) is 42.6 Å². The molecule has 0 saturated heterocycles. The topological polar surface area (TPSA) is 51.2 Å². The van der Waals surface area contributed by atoms with E-state index in [1.165, 1.54) is 24.3 Å². The van der Waals surface area contributed by atoms with Gasteiger partial charge in [-0.1, -0.05) is 12.1 Å².